The van der Waals surface area contributed by atoms with Crippen molar-refractivity contribution in [3.63, 3.8) is 0 Å². The first-order chi connectivity index (χ1) is 16.9. The van der Waals surface area contributed by atoms with Crippen LogP contribution in [0.3, 0.4) is 0 Å². The fourth-order valence-corrected chi connectivity index (χ4v) is 3.96. The molecular formula is C25H19ClN4O5. The number of H-pyrrole nitrogens is 1. The molecule has 5 aromatic rings. The first-order valence-corrected chi connectivity index (χ1v) is 10.9. The van der Waals surface area contributed by atoms with Crippen LogP contribution < -0.4 is 20.7 Å². The van der Waals surface area contributed by atoms with Gasteiger partial charge in [0.25, 0.3) is 11.4 Å². The van der Waals surface area contributed by atoms with E-state index in [0.29, 0.717) is 44.4 Å². The minimum atomic E-state index is -0.533. The molecule has 0 spiro atoms. The van der Waals surface area contributed by atoms with Gasteiger partial charge in [-0.2, -0.15) is 4.98 Å². The van der Waals surface area contributed by atoms with Crippen molar-refractivity contribution >= 4 is 22.5 Å². The maximum absolute atomic E-state index is 13.0. The molecular weight excluding hydrogens is 472 g/mol. The van der Waals surface area contributed by atoms with Crippen molar-refractivity contribution in [1.82, 2.24) is 19.7 Å². The number of rotatable bonds is 6. The zero-order valence-electron chi connectivity index (χ0n) is 18.7. The van der Waals surface area contributed by atoms with Crippen LogP contribution >= 0.6 is 11.6 Å². The third kappa shape index (κ3) is 4.41. The van der Waals surface area contributed by atoms with Gasteiger partial charge in [-0.25, -0.2) is 4.79 Å². The van der Waals surface area contributed by atoms with Crippen LogP contribution in [0.2, 0.25) is 5.02 Å². The highest BCUT2D eigenvalue weighted by molar-refractivity contribution is 6.30. The van der Waals surface area contributed by atoms with Gasteiger partial charge in [-0.15, -0.1) is 0 Å². The second-order valence-electron chi connectivity index (χ2n) is 7.74. The Morgan fingerprint density at radius 1 is 0.971 bits per heavy atom. The number of benzene rings is 3. The Bertz CT molecular complexity index is 1650. The highest BCUT2D eigenvalue weighted by Crippen LogP contribution is 2.30. The molecule has 0 aliphatic carbocycles. The lowest BCUT2D eigenvalue weighted by Gasteiger charge is -2.07. The molecule has 0 unspecified atom stereocenters. The van der Waals surface area contributed by atoms with E-state index in [-0.39, 0.29) is 12.4 Å². The van der Waals surface area contributed by atoms with Gasteiger partial charge in [-0.05, 0) is 48.0 Å². The average Bonchev–Trinajstić information content (AvgIpc) is 3.36. The first kappa shape index (κ1) is 22.4. The van der Waals surface area contributed by atoms with E-state index >= 15 is 0 Å². The summed E-state index contributed by atoms with van der Waals surface area (Å²) >= 11 is 6.03. The van der Waals surface area contributed by atoms with Gasteiger partial charge in [0.1, 0.15) is 11.5 Å². The van der Waals surface area contributed by atoms with Gasteiger partial charge < -0.3 is 19.0 Å². The molecule has 3 aromatic carbocycles. The van der Waals surface area contributed by atoms with Gasteiger partial charge in [0.15, 0.2) is 0 Å². The van der Waals surface area contributed by atoms with Crippen LogP contribution in [0.4, 0.5) is 0 Å². The number of hydrogen-bond acceptors (Lipinski definition) is 7. The summed E-state index contributed by atoms with van der Waals surface area (Å²) in [6.07, 6.45) is 0. The summed E-state index contributed by atoms with van der Waals surface area (Å²) in [7, 11) is 3.11. The topological polar surface area (TPSA) is 112 Å². The number of nitrogens with one attached hydrogen (secondary N) is 1. The quantitative estimate of drug-likeness (QED) is 0.381. The highest BCUT2D eigenvalue weighted by atomic mass is 35.5. The second-order valence-corrected chi connectivity index (χ2v) is 8.17. The molecule has 0 saturated carbocycles. The highest BCUT2D eigenvalue weighted by Gasteiger charge is 2.15. The Morgan fingerprint density at radius 3 is 2.46 bits per heavy atom. The van der Waals surface area contributed by atoms with Crippen LogP contribution in [0.25, 0.3) is 33.7 Å². The predicted octanol–water partition coefficient (Wildman–Crippen LogP) is 4.13. The van der Waals surface area contributed by atoms with Gasteiger partial charge in [-0.3, -0.25) is 9.36 Å². The maximum Gasteiger partial charge on any atom is 0.329 e. The molecule has 0 atom stereocenters. The number of nitrogens with zero attached hydrogens (tertiary/aromatic N) is 3. The summed E-state index contributed by atoms with van der Waals surface area (Å²) < 4.78 is 17.2. The van der Waals surface area contributed by atoms with Gasteiger partial charge >= 0.3 is 5.69 Å². The van der Waals surface area contributed by atoms with Crippen molar-refractivity contribution in [2.45, 2.75) is 6.54 Å². The lowest BCUT2D eigenvalue weighted by molar-refractivity contribution is 0.394. The maximum atomic E-state index is 13.0. The summed E-state index contributed by atoms with van der Waals surface area (Å²) in [5.74, 6) is 1.74. The third-order valence-corrected chi connectivity index (χ3v) is 5.73. The molecule has 0 fully saturated rings. The summed E-state index contributed by atoms with van der Waals surface area (Å²) in [6, 6.07) is 17.2. The zero-order valence-corrected chi connectivity index (χ0v) is 19.5. The monoisotopic (exact) mass is 490 g/mol. The van der Waals surface area contributed by atoms with Crippen LogP contribution in [0, 0.1) is 0 Å². The van der Waals surface area contributed by atoms with E-state index < -0.39 is 11.2 Å². The van der Waals surface area contributed by atoms with Crippen molar-refractivity contribution in [2.75, 3.05) is 14.2 Å². The van der Waals surface area contributed by atoms with Crippen molar-refractivity contribution in [3.05, 3.63) is 92.1 Å². The molecule has 35 heavy (non-hydrogen) atoms. The molecule has 0 bridgehead atoms. The molecule has 0 aliphatic rings. The summed E-state index contributed by atoms with van der Waals surface area (Å²) in [6.45, 7) is 0.101. The number of aromatic amines is 1. The Labute approximate surface area is 203 Å². The number of aromatic nitrogens is 4. The largest absolute Gasteiger partial charge is 0.497 e. The van der Waals surface area contributed by atoms with E-state index in [2.05, 4.69) is 15.1 Å². The number of ether oxygens (including phenoxy) is 2. The van der Waals surface area contributed by atoms with Gasteiger partial charge in [-0.1, -0.05) is 28.9 Å². The van der Waals surface area contributed by atoms with Crippen molar-refractivity contribution < 1.29 is 14.0 Å². The molecule has 0 aliphatic heterocycles. The molecule has 1 N–H and O–H groups in total. The molecule has 0 radical (unpaired) electrons. The van der Waals surface area contributed by atoms with Crippen LogP contribution in [-0.2, 0) is 6.54 Å². The molecule has 10 heteroatoms. The Kier molecular flexibility index (Phi) is 5.84. The first-order valence-electron chi connectivity index (χ1n) is 10.5. The Hall–Kier alpha value is -4.37. The minimum Gasteiger partial charge on any atom is -0.497 e. The predicted molar refractivity (Wildman–Crippen MR) is 131 cm³/mol. The number of halogens is 1. The molecule has 2 aromatic heterocycles. The van der Waals surface area contributed by atoms with Gasteiger partial charge in [0, 0.05) is 22.2 Å². The van der Waals surface area contributed by atoms with Gasteiger partial charge in [0.2, 0.25) is 5.82 Å². The fourth-order valence-electron chi connectivity index (χ4n) is 3.74. The number of methoxy groups -OCH3 is 2. The lowest BCUT2D eigenvalue weighted by Crippen LogP contribution is -2.35. The molecule has 176 valence electrons. The molecule has 2 heterocycles. The fraction of sp³-hybridized carbons (Fsp3) is 0.120. The van der Waals surface area contributed by atoms with E-state index in [9.17, 15) is 9.59 Å². The second kappa shape index (κ2) is 9.11. The average molecular weight is 491 g/mol. The summed E-state index contributed by atoms with van der Waals surface area (Å²) in [5.41, 5.74) is 1.36. The SMILES string of the molecule is COc1cc(OC)cc(-c2noc(-c3ccc4c(=O)n(Cc5cccc(Cl)c5)c(=O)[nH]c4c3)n2)c1. The van der Waals surface area contributed by atoms with E-state index in [1.54, 1.807) is 74.9 Å². The molecule has 5 rings (SSSR count). The van der Waals surface area contributed by atoms with Gasteiger partial charge in [0.05, 0.1) is 31.7 Å². The smallest absolute Gasteiger partial charge is 0.329 e. The number of hydrogen-bond donors (Lipinski definition) is 1. The minimum absolute atomic E-state index is 0.101. The van der Waals surface area contributed by atoms with E-state index in [1.165, 1.54) is 0 Å². The Morgan fingerprint density at radius 2 is 1.74 bits per heavy atom. The summed E-state index contributed by atoms with van der Waals surface area (Å²) in [5, 5.41) is 4.94. The Balaban J connectivity index is 1.51. The van der Waals surface area contributed by atoms with Crippen LogP contribution in [0.5, 0.6) is 11.5 Å². The van der Waals surface area contributed by atoms with E-state index in [0.717, 1.165) is 10.1 Å². The normalized spacial score (nSPS) is 11.1. The van der Waals surface area contributed by atoms with Crippen molar-refractivity contribution in [3.8, 4) is 34.3 Å². The number of fused-ring (bicyclic) bond motifs is 1. The van der Waals surface area contributed by atoms with Crippen LogP contribution in [-0.4, -0.2) is 33.9 Å². The third-order valence-electron chi connectivity index (χ3n) is 5.49. The zero-order chi connectivity index (χ0) is 24.5. The van der Waals surface area contributed by atoms with Crippen LogP contribution in [0.15, 0.2) is 74.8 Å². The van der Waals surface area contributed by atoms with E-state index in [4.69, 9.17) is 25.6 Å². The molecule has 0 amide bonds. The molecule has 9 nitrogen and oxygen atoms in total. The standard InChI is InChI=1S/C25H19ClN4O5/c1-33-18-9-16(10-19(12-18)34-2)22-28-23(35-29-22)15-6-7-20-21(11-15)27-25(32)30(24(20)31)13-14-4-3-5-17(26)8-14/h3-12H,13H2,1-2H3,(H,27,32). The molecule has 0 saturated heterocycles. The van der Waals surface area contributed by atoms with E-state index in [1.807, 2.05) is 0 Å². The lowest BCUT2D eigenvalue weighted by atomic mass is 10.1. The summed E-state index contributed by atoms with van der Waals surface area (Å²) in [4.78, 5) is 33.0. The van der Waals surface area contributed by atoms with Crippen LogP contribution in [0.1, 0.15) is 5.56 Å². The van der Waals surface area contributed by atoms with Crippen molar-refractivity contribution in [1.29, 1.82) is 0 Å². The van der Waals surface area contributed by atoms with Crippen molar-refractivity contribution in [2.24, 2.45) is 0 Å².